The topological polar surface area (TPSA) is 58.9 Å². The summed E-state index contributed by atoms with van der Waals surface area (Å²) in [7, 11) is 0. The van der Waals surface area contributed by atoms with Crippen LogP contribution < -0.4 is 9.47 Å². The fraction of sp³-hybridized carbons (Fsp3) is 0.650. The summed E-state index contributed by atoms with van der Waals surface area (Å²) < 4.78 is 13.0. The first-order chi connectivity index (χ1) is 21.9. The van der Waals surface area contributed by atoms with Crippen LogP contribution in [0.5, 0.6) is 11.5 Å². The van der Waals surface area contributed by atoms with E-state index in [1.807, 2.05) is 0 Å². The fourth-order valence-electron chi connectivity index (χ4n) is 6.32. The van der Waals surface area contributed by atoms with Crippen molar-refractivity contribution >= 4 is 21.5 Å². The van der Waals surface area contributed by atoms with E-state index >= 15 is 0 Å². The molecule has 0 atom stereocenters. The lowest BCUT2D eigenvalue weighted by atomic mass is 10.0. The zero-order chi connectivity index (χ0) is 30.9. The highest BCUT2D eigenvalue weighted by atomic mass is 16.5. The van der Waals surface area contributed by atoms with Gasteiger partial charge in [-0.2, -0.15) is 0 Å². The minimum Gasteiger partial charge on any atom is -0.492 e. The lowest BCUT2D eigenvalue weighted by Crippen LogP contribution is -2.02. The van der Waals surface area contributed by atoms with Crippen LogP contribution in [0.3, 0.4) is 0 Å². The third-order valence-corrected chi connectivity index (χ3v) is 8.93. The molecule has 2 N–H and O–H groups in total. The Bertz CT molecular complexity index is 982. The van der Waals surface area contributed by atoms with Crippen molar-refractivity contribution in [2.75, 3.05) is 26.4 Å². The van der Waals surface area contributed by atoms with Gasteiger partial charge in [0.1, 0.15) is 11.5 Å². The number of fused-ring (bicyclic) bond motifs is 2. The fourth-order valence-corrected chi connectivity index (χ4v) is 6.32. The first kappa shape index (κ1) is 36.2. The molecule has 0 unspecified atom stereocenters. The molecule has 4 nitrogen and oxygen atoms in total. The van der Waals surface area contributed by atoms with Gasteiger partial charge in [0.05, 0.1) is 13.2 Å². The predicted molar refractivity (Wildman–Crippen MR) is 188 cm³/mol. The average molecular weight is 607 g/mol. The molecule has 3 aromatic carbocycles. The standard InChI is InChI=1S/C40H62O4/c41-31-23-15-11-7-3-1-5-9-13-17-25-33-43-39-35-27-19-21-29-37(35)40(38-30-22-20-28-36(38)39)44-34-26-18-14-10-6-2-4-8-12-16-24-32-42/h19-22,27-30,41-42H,1-18,23-26,31-34H2. The highest BCUT2D eigenvalue weighted by Gasteiger charge is 2.15. The minimum atomic E-state index is 0.339. The van der Waals surface area contributed by atoms with E-state index in [2.05, 4.69) is 48.5 Å². The summed E-state index contributed by atoms with van der Waals surface area (Å²) in [6, 6.07) is 17.2. The van der Waals surface area contributed by atoms with Gasteiger partial charge in [-0.3, -0.25) is 0 Å². The van der Waals surface area contributed by atoms with Crippen molar-refractivity contribution in [3.63, 3.8) is 0 Å². The van der Waals surface area contributed by atoms with E-state index in [1.165, 1.54) is 116 Å². The molecule has 0 spiro atoms. The summed E-state index contributed by atoms with van der Waals surface area (Å²) in [5.41, 5.74) is 0. The van der Waals surface area contributed by atoms with Crippen LogP contribution in [0.15, 0.2) is 48.5 Å². The molecule has 3 aromatic rings. The van der Waals surface area contributed by atoms with Gasteiger partial charge in [-0.1, -0.05) is 164 Å². The highest BCUT2D eigenvalue weighted by molar-refractivity contribution is 6.11. The molecule has 0 saturated heterocycles. The van der Waals surface area contributed by atoms with Crippen molar-refractivity contribution < 1.29 is 19.7 Å². The van der Waals surface area contributed by atoms with Gasteiger partial charge in [0.2, 0.25) is 0 Å². The van der Waals surface area contributed by atoms with Crippen LogP contribution in [0, 0.1) is 0 Å². The molecule has 0 aliphatic carbocycles. The van der Waals surface area contributed by atoms with E-state index in [1.54, 1.807) is 0 Å². The van der Waals surface area contributed by atoms with Gasteiger partial charge in [0, 0.05) is 34.8 Å². The first-order valence-electron chi connectivity index (χ1n) is 18.3. The second kappa shape index (κ2) is 24.0. The number of ether oxygens (including phenoxy) is 2. The smallest absolute Gasteiger partial charge is 0.135 e. The molecule has 0 amide bonds. The molecule has 0 fully saturated rings. The number of aliphatic hydroxyl groups is 2. The Balaban J connectivity index is 1.39. The molecular weight excluding hydrogens is 544 g/mol. The number of hydrogen-bond acceptors (Lipinski definition) is 4. The molecule has 4 heteroatoms. The lowest BCUT2D eigenvalue weighted by molar-refractivity contribution is 0.282. The second-order valence-corrected chi connectivity index (χ2v) is 12.7. The summed E-state index contributed by atoms with van der Waals surface area (Å²) in [5.74, 6) is 2.00. The number of unbranched alkanes of at least 4 members (excludes halogenated alkanes) is 20. The molecular formula is C40H62O4. The molecule has 0 saturated carbocycles. The van der Waals surface area contributed by atoms with E-state index in [4.69, 9.17) is 19.7 Å². The quantitative estimate of drug-likeness (QED) is 0.0637. The summed E-state index contributed by atoms with van der Waals surface area (Å²) in [6.45, 7) is 2.18. The van der Waals surface area contributed by atoms with E-state index in [0.717, 1.165) is 71.9 Å². The first-order valence-corrected chi connectivity index (χ1v) is 18.3. The third-order valence-electron chi connectivity index (χ3n) is 8.93. The van der Waals surface area contributed by atoms with Crippen LogP contribution in [-0.4, -0.2) is 36.6 Å². The largest absolute Gasteiger partial charge is 0.492 e. The maximum Gasteiger partial charge on any atom is 0.135 e. The van der Waals surface area contributed by atoms with Crippen molar-refractivity contribution in [1.82, 2.24) is 0 Å². The molecule has 0 heterocycles. The summed E-state index contributed by atoms with van der Waals surface area (Å²) in [5, 5.41) is 22.3. The molecule has 0 radical (unpaired) electrons. The van der Waals surface area contributed by atoms with Crippen molar-refractivity contribution in [1.29, 1.82) is 0 Å². The van der Waals surface area contributed by atoms with Crippen LogP contribution in [0.4, 0.5) is 0 Å². The number of benzene rings is 3. The molecule has 0 aromatic heterocycles. The van der Waals surface area contributed by atoms with Crippen LogP contribution in [0.1, 0.15) is 141 Å². The van der Waals surface area contributed by atoms with Crippen molar-refractivity contribution in [2.45, 2.75) is 141 Å². The second-order valence-electron chi connectivity index (χ2n) is 12.7. The van der Waals surface area contributed by atoms with Crippen LogP contribution >= 0.6 is 0 Å². The van der Waals surface area contributed by atoms with Gasteiger partial charge in [-0.25, -0.2) is 0 Å². The Morgan fingerprint density at radius 2 is 0.545 bits per heavy atom. The van der Waals surface area contributed by atoms with Crippen molar-refractivity contribution in [3.05, 3.63) is 48.5 Å². The summed E-state index contributed by atoms with van der Waals surface area (Å²) in [6.07, 6.45) is 27.3. The zero-order valence-electron chi connectivity index (χ0n) is 27.7. The molecule has 3 rings (SSSR count). The molecule has 44 heavy (non-hydrogen) atoms. The van der Waals surface area contributed by atoms with Gasteiger partial charge >= 0.3 is 0 Å². The van der Waals surface area contributed by atoms with Gasteiger partial charge in [0.15, 0.2) is 0 Å². The van der Waals surface area contributed by atoms with Gasteiger partial charge in [-0.05, 0) is 25.7 Å². The van der Waals surface area contributed by atoms with Crippen LogP contribution in [-0.2, 0) is 0 Å². The molecule has 0 aliphatic heterocycles. The van der Waals surface area contributed by atoms with Crippen LogP contribution in [0.25, 0.3) is 21.5 Å². The van der Waals surface area contributed by atoms with Crippen molar-refractivity contribution in [3.8, 4) is 11.5 Å². The summed E-state index contributed by atoms with van der Waals surface area (Å²) >= 11 is 0. The normalized spacial score (nSPS) is 11.5. The average Bonchev–Trinajstić information content (AvgIpc) is 3.05. The predicted octanol–water partition coefficient (Wildman–Crippen LogP) is 11.3. The Morgan fingerprint density at radius 1 is 0.318 bits per heavy atom. The third kappa shape index (κ3) is 13.8. The Labute approximate surface area is 268 Å². The van der Waals surface area contributed by atoms with E-state index in [0.29, 0.717) is 13.2 Å². The van der Waals surface area contributed by atoms with Crippen LogP contribution in [0.2, 0.25) is 0 Å². The van der Waals surface area contributed by atoms with Crippen molar-refractivity contribution in [2.24, 2.45) is 0 Å². The van der Waals surface area contributed by atoms with Gasteiger partial charge in [-0.15, -0.1) is 0 Å². The zero-order valence-corrected chi connectivity index (χ0v) is 27.7. The minimum absolute atomic E-state index is 0.339. The van der Waals surface area contributed by atoms with E-state index in [9.17, 15) is 0 Å². The number of rotatable bonds is 28. The molecule has 0 aliphatic rings. The van der Waals surface area contributed by atoms with Gasteiger partial charge < -0.3 is 19.7 Å². The Morgan fingerprint density at radius 3 is 0.795 bits per heavy atom. The Hall–Kier alpha value is -2.30. The highest BCUT2D eigenvalue weighted by Crippen LogP contribution is 2.42. The monoisotopic (exact) mass is 606 g/mol. The molecule has 0 bridgehead atoms. The maximum absolute atomic E-state index is 8.87. The van der Waals surface area contributed by atoms with Gasteiger partial charge in [0.25, 0.3) is 0 Å². The van der Waals surface area contributed by atoms with E-state index in [-0.39, 0.29) is 0 Å². The Kier molecular flexibility index (Phi) is 19.7. The molecule has 246 valence electrons. The number of hydrogen-bond donors (Lipinski definition) is 2. The lowest BCUT2D eigenvalue weighted by Gasteiger charge is -2.18. The van der Waals surface area contributed by atoms with E-state index < -0.39 is 0 Å². The SMILES string of the molecule is OCCCCCCCCCCCCCOc1c2ccccc2c(OCCCCCCCCCCCCCO)c2ccccc12. The summed E-state index contributed by atoms with van der Waals surface area (Å²) in [4.78, 5) is 0. The maximum atomic E-state index is 8.87. The number of aliphatic hydroxyl groups excluding tert-OH is 2.